The number of unbranched alkanes of at least 4 members (excludes halogenated alkanes) is 1. The van der Waals surface area contributed by atoms with Crippen molar-refractivity contribution in [1.29, 1.82) is 0 Å². The van der Waals surface area contributed by atoms with Crippen LogP contribution in [-0.4, -0.2) is 62.1 Å². The highest BCUT2D eigenvalue weighted by Crippen LogP contribution is 2.66. The lowest BCUT2D eigenvalue weighted by Gasteiger charge is -2.38. The van der Waals surface area contributed by atoms with Gasteiger partial charge in [0.1, 0.15) is 6.10 Å². The molecule has 2 aromatic carbocycles. The van der Waals surface area contributed by atoms with Gasteiger partial charge in [0.2, 0.25) is 0 Å². The van der Waals surface area contributed by atoms with E-state index < -0.39 is 67.5 Å². The quantitative estimate of drug-likeness (QED) is 0.155. The Kier molecular flexibility index (Phi) is 8.93. The topological polar surface area (TPSA) is 78.9 Å². The number of ether oxygens (including phenoxy) is 2. The summed E-state index contributed by atoms with van der Waals surface area (Å²) in [6.07, 6.45) is -8.79. The Bertz CT molecular complexity index is 1330. The molecule has 2 unspecified atom stereocenters. The van der Waals surface area contributed by atoms with Crippen molar-refractivity contribution < 1.29 is 65.8 Å². The van der Waals surface area contributed by atoms with Gasteiger partial charge < -0.3 is 9.47 Å². The smallest absolute Gasteiger partial charge is 0.434 e. The SMILES string of the molecule is CCCCOC(=O)OC1CCS(OS(=O)(=O)C(F)(F)C(F)(F)C(F)(F)C(F)(F)F)(c2cccc3ccccc23)C1. The summed E-state index contributed by atoms with van der Waals surface area (Å²) in [5, 5.41) is -6.41. The molecule has 1 fully saturated rings. The van der Waals surface area contributed by atoms with Gasteiger partial charge in [-0.25, -0.2) is 8.42 Å². The molecule has 226 valence electrons. The van der Waals surface area contributed by atoms with E-state index in [0.29, 0.717) is 18.2 Å². The maximum atomic E-state index is 14.6. The first-order chi connectivity index (χ1) is 18.3. The van der Waals surface area contributed by atoms with Gasteiger partial charge in [0.05, 0.1) is 6.61 Å². The van der Waals surface area contributed by atoms with Crippen molar-refractivity contribution in [3.8, 4) is 0 Å². The molecule has 2 aromatic rings. The molecule has 0 N–H and O–H groups in total. The van der Waals surface area contributed by atoms with E-state index in [0.717, 1.165) is 0 Å². The summed E-state index contributed by atoms with van der Waals surface area (Å²) in [4.78, 5) is 11.9. The number of benzene rings is 2. The van der Waals surface area contributed by atoms with Crippen LogP contribution in [0.2, 0.25) is 0 Å². The van der Waals surface area contributed by atoms with Gasteiger partial charge in [-0.05, 0) is 29.7 Å². The van der Waals surface area contributed by atoms with Crippen molar-refractivity contribution in [3.05, 3.63) is 42.5 Å². The molecule has 0 spiro atoms. The third-order valence-electron chi connectivity index (χ3n) is 6.01. The largest absolute Gasteiger partial charge is 0.508 e. The summed E-state index contributed by atoms with van der Waals surface area (Å²) in [6.45, 7) is 1.76. The van der Waals surface area contributed by atoms with Gasteiger partial charge >= 0.3 is 39.5 Å². The van der Waals surface area contributed by atoms with Crippen LogP contribution in [0.5, 0.6) is 0 Å². The van der Waals surface area contributed by atoms with Gasteiger partial charge in [-0.1, -0.05) is 60.1 Å². The van der Waals surface area contributed by atoms with Crippen molar-refractivity contribution >= 4 is 37.4 Å². The van der Waals surface area contributed by atoms with Crippen LogP contribution in [0.25, 0.3) is 10.8 Å². The lowest BCUT2D eigenvalue weighted by molar-refractivity contribution is -0.382. The van der Waals surface area contributed by atoms with Crippen LogP contribution in [0.4, 0.5) is 44.3 Å². The fraction of sp³-hybridized carbons (Fsp3) is 0.522. The molecule has 1 heterocycles. The number of hydrogen-bond acceptors (Lipinski definition) is 6. The molecule has 0 saturated carbocycles. The summed E-state index contributed by atoms with van der Waals surface area (Å²) in [5.74, 6) is -16.1. The predicted molar refractivity (Wildman–Crippen MR) is 126 cm³/mol. The molecule has 2 atom stereocenters. The fourth-order valence-corrected chi connectivity index (χ4v) is 9.80. The van der Waals surface area contributed by atoms with E-state index in [4.69, 9.17) is 9.47 Å². The lowest BCUT2D eigenvalue weighted by atomic mass is 10.1. The molecule has 0 aromatic heterocycles. The van der Waals surface area contributed by atoms with Crippen LogP contribution in [0.1, 0.15) is 26.2 Å². The molecule has 0 aliphatic carbocycles. The summed E-state index contributed by atoms with van der Waals surface area (Å²) in [7, 11) is -10.9. The summed E-state index contributed by atoms with van der Waals surface area (Å²) in [5.41, 5.74) is 0. The summed E-state index contributed by atoms with van der Waals surface area (Å²) >= 11 is 0. The summed E-state index contributed by atoms with van der Waals surface area (Å²) < 4.78 is 162. The van der Waals surface area contributed by atoms with Gasteiger partial charge in [-0.2, -0.15) is 47.9 Å². The minimum atomic E-state index is -7.45. The zero-order chi connectivity index (χ0) is 30.2. The second kappa shape index (κ2) is 11.1. The molecule has 0 radical (unpaired) electrons. The maximum Gasteiger partial charge on any atom is 0.508 e. The zero-order valence-corrected chi connectivity index (χ0v) is 22.2. The minimum absolute atomic E-state index is 0.0387. The molecule has 0 bridgehead atoms. The van der Waals surface area contributed by atoms with Gasteiger partial charge in [0.25, 0.3) is 0 Å². The Balaban J connectivity index is 2.07. The van der Waals surface area contributed by atoms with Crippen molar-refractivity contribution in [2.75, 3.05) is 18.1 Å². The van der Waals surface area contributed by atoms with Crippen LogP contribution in [0.15, 0.2) is 47.4 Å². The van der Waals surface area contributed by atoms with Crippen molar-refractivity contribution in [2.24, 2.45) is 0 Å². The Morgan fingerprint density at radius 1 is 0.950 bits per heavy atom. The van der Waals surface area contributed by atoms with Crippen LogP contribution in [0.3, 0.4) is 0 Å². The highest BCUT2D eigenvalue weighted by Gasteiger charge is 2.86. The normalized spacial score (nSPS) is 22.6. The zero-order valence-electron chi connectivity index (χ0n) is 20.5. The second-order valence-corrected chi connectivity index (χ2v) is 13.6. The number of fused-ring (bicyclic) bond motifs is 1. The predicted octanol–water partition coefficient (Wildman–Crippen LogP) is 7.42. The Morgan fingerprint density at radius 2 is 1.57 bits per heavy atom. The van der Waals surface area contributed by atoms with Crippen molar-refractivity contribution in [1.82, 2.24) is 0 Å². The minimum Gasteiger partial charge on any atom is -0.434 e. The average Bonchev–Trinajstić information content (AvgIpc) is 3.25. The van der Waals surface area contributed by atoms with Crippen LogP contribution in [-0.2, 0) is 23.2 Å². The molecular formula is C23H23F9O6S2. The molecule has 17 heteroatoms. The number of alkyl halides is 9. The van der Waals surface area contributed by atoms with E-state index in [1.807, 2.05) is 0 Å². The third kappa shape index (κ3) is 5.68. The Hall–Kier alpha value is -2.40. The average molecular weight is 631 g/mol. The molecule has 40 heavy (non-hydrogen) atoms. The highest BCUT2D eigenvalue weighted by molar-refractivity contribution is 8.33. The van der Waals surface area contributed by atoms with Gasteiger partial charge in [0, 0.05) is 16.4 Å². The first-order valence-corrected chi connectivity index (χ1v) is 14.9. The van der Waals surface area contributed by atoms with Crippen LogP contribution >= 0.6 is 10.3 Å². The highest BCUT2D eigenvalue weighted by atomic mass is 32.3. The van der Waals surface area contributed by atoms with Gasteiger partial charge in [-0.3, -0.25) is 0 Å². The number of carbonyl (C=O) groups is 1. The number of hydrogen-bond donors (Lipinski definition) is 0. The van der Waals surface area contributed by atoms with E-state index >= 15 is 0 Å². The Morgan fingerprint density at radius 3 is 2.20 bits per heavy atom. The van der Waals surface area contributed by atoms with E-state index in [1.165, 1.54) is 36.4 Å². The van der Waals surface area contributed by atoms with E-state index in [9.17, 15) is 52.7 Å². The maximum absolute atomic E-state index is 14.6. The monoisotopic (exact) mass is 630 g/mol. The van der Waals surface area contributed by atoms with Gasteiger partial charge in [-0.15, -0.1) is 0 Å². The molecule has 1 aliphatic heterocycles. The summed E-state index contributed by atoms with van der Waals surface area (Å²) in [6, 6.07) is 10.1. The first-order valence-electron chi connectivity index (χ1n) is 11.6. The first kappa shape index (κ1) is 32.1. The standard InChI is InChI=1S/C23H23F9O6S2/c1-2-3-12-36-19(33)37-16-11-13-39(14-16,18-10-6-8-15-7-4-5-9-17(15)18)38-40(34,35)23(31,32)21(26,27)20(24,25)22(28,29)30/h4-10,16H,2-3,11-14H2,1H3. The molecule has 6 nitrogen and oxygen atoms in total. The Labute approximate surface area is 224 Å². The molecule has 3 rings (SSSR count). The molecule has 0 amide bonds. The van der Waals surface area contributed by atoms with E-state index in [1.54, 1.807) is 13.0 Å². The van der Waals surface area contributed by atoms with E-state index in [2.05, 4.69) is 3.63 Å². The van der Waals surface area contributed by atoms with Gasteiger partial charge in [0.15, 0.2) is 0 Å². The number of halogens is 9. The molecule has 1 saturated heterocycles. The fourth-order valence-electron chi connectivity index (χ4n) is 3.90. The molecular weight excluding hydrogens is 607 g/mol. The number of rotatable bonds is 10. The number of carbonyl (C=O) groups excluding carboxylic acids is 1. The van der Waals surface area contributed by atoms with Crippen molar-refractivity contribution in [2.45, 2.75) is 60.5 Å². The lowest BCUT2D eigenvalue weighted by Crippen LogP contribution is -2.63. The molecule has 1 aliphatic rings. The van der Waals surface area contributed by atoms with Crippen molar-refractivity contribution in [3.63, 3.8) is 0 Å². The third-order valence-corrected chi connectivity index (χ3v) is 11.6. The second-order valence-electron chi connectivity index (χ2n) is 8.83. The van der Waals surface area contributed by atoms with Crippen LogP contribution < -0.4 is 0 Å². The van der Waals surface area contributed by atoms with Crippen LogP contribution in [0, 0.1) is 0 Å². The van der Waals surface area contributed by atoms with E-state index in [-0.39, 0.29) is 23.3 Å².